The maximum absolute atomic E-state index is 12.9. The number of hydrogen-bond donors (Lipinski definition) is 0. The van der Waals surface area contributed by atoms with Crippen molar-refractivity contribution >= 4 is 17.9 Å². The second-order valence-corrected chi connectivity index (χ2v) is 23.0. The molecule has 82 heavy (non-hydrogen) atoms. The first kappa shape index (κ1) is 78.1. The van der Waals surface area contributed by atoms with Gasteiger partial charge in [-0.25, -0.2) is 0 Å². The molecule has 470 valence electrons. The van der Waals surface area contributed by atoms with Crippen molar-refractivity contribution in [3.8, 4) is 0 Å². The largest absolute Gasteiger partial charge is 0.462 e. The van der Waals surface area contributed by atoms with Gasteiger partial charge in [0.2, 0.25) is 0 Å². The van der Waals surface area contributed by atoms with Gasteiger partial charge in [-0.1, -0.05) is 329 Å². The Morgan fingerprint density at radius 2 is 0.488 bits per heavy atom. The van der Waals surface area contributed by atoms with Crippen molar-refractivity contribution < 1.29 is 28.6 Å². The minimum atomic E-state index is -0.806. The molecule has 0 aliphatic heterocycles. The summed E-state index contributed by atoms with van der Waals surface area (Å²) in [6, 6.07) is 0. The van der Waals surface area contributed by atoms with Crippen LogP contribution in [0.5, 0.6) is 0 Å². The summed E-state index contributed by atoms with van der Waals surface area (Å²) in [6.45, 7) is 6.40. The van der Waals surface area contributed by atoms with Crippen LogP contribution in [0.15, 0.2) is 109 Å². The molecule has 0 bridgehead atoms. The molecule has 0 aliphatic carbocycles. The Morgan fingerprint density at radius 3 is 0.780 bits per heavy atom. The molecule has 0 spiro atoms. The Morgan fingerprint density at radius 1 is 0.256 bits per heavy atom. The van der Waals surface area contributed by atoms with E-state index in [4.69, 9.17) is 14.2 Å². The highest BCUT2D eigenvalue weighted by atomic mass is 16.6. The summed E-state index contributed by atoms with van der Waals surface area (Å²) in [5.74, 6) is -0.940. The van der Waals surface area contributed by atoms with E-state index in [1.54, 1.807) is 0 Å². The van der Waals surface area contributed by atoms with E-state index in [1.165, 1.54) is 186 Å². The highest BCUT2D eigenvalue weighted by Gasteiger charge is 2.19. The molecule has 0 aliphatic rings. The van der Waals surface area contributed by atoms with E-state index in [0.29, 0.717) is 19.3 Å². The van der Waals surface area contributed by atoms with Gasteiger partial charge in [0.05, 0.1) is 0 Å². The molecule has 0 aromatic heterocycles. The van der Waals surface area contributed by atoms with Crippen molar-refractivity contribution in [2.75, 3.05) is 13.2 Å². The van der Waals surface area contributed by atoms with Gasteiger partial charge in [0.25, 0.3) is 0 Å². The lowest BCUT2D eigenvalue weighted by molar-refractivity contribution is -0.167. The van der Waals surface area contributed by atoms with Crippen LogP contribution >= 0.6 is 0 Å². The zero-order chi connectivity index (χ0) is 59.2. The summed E-state index contributed by atoms with van der Waals surface area (Å²) >= 11 is 0. The fourth-order valence-corrected chi connectivity index (χ4v) is 9.88. The van der Waals surface area contributed by atoms with Gasteiger partial charge in [-0.3, -0.25) is 14.4 Å². The van der Waals surface area contributed by atoms with Crippen molar-refractivity contribution in [1.29, 1.82) is 0 Å². The summed E-state index contributed by atoms with van der Waals surface area (Å²) in [5.41, 5.74) is 0. The number of esters is 3. The van der Waals surface area contributed by atoms with E-state index in [9.17, 15) is 14.4 Å². The number of ether oxygens (including phenoxy) is 3. The monoisotopic (exact) mass is 1140 g/mol. The van der Waals surface area contributed by atoms with Crippen LogP contribution in [0.25, 0.3) is 0 Å². The third-order valence-corrected chi connectivity index (χ3v) is 15.0. The van der Waals surface area contributed by atoms with E-state index in [2.05, 4.69) is 130 Å². The van der Waals surface area contributed by atoms with Crippen LogP contribution in [-0.4, -0.2) is 37.2 Å². The van der Waals surface area contributed by atoms with E-state index in [-0.39, 0.29) is 37.5 Å². The first-order chi connectivity index (χ1) is 40.5. The smallest absolute Gasteiger partial charge is 0.306 e. The van der Waals surface area contributed by atoms with E-state index in [0.717, 1.165) is 103 Å². The molecule has 0 fully saturated rings. The number of allylic oxidation sites excluding steroid dienone is 18. The van der Waals surface area contributed by atoms with Gasteiger partial charge < -0.3 is 14.2 Å². The van der Waals surface area contributed by atoms with Crippen molar-refractivity contribution in [1.82, 2.24) is 0 Å². The lowest BCUT2D eigenvalue weighted by atomic mass is 10.0. The van der Waals surface area contributed by atoms with Crippen LogP contribution in [0.3, 0.4) is 0 Å². The van der Waals surface area contributed by atoms with Crippen LogP contribution in [0.1, 0.15) is 335 Å². The lowest BCUT2D eigenvalue weighted by Gasteiger charge is -2.18. The predicted octanol–water partition coefficient (Wildman–Crippen LogP) is 24.2. The number of rotatable bonds is 63. The molecule has 0 radical (unpaired) electrons. The molecule has 6 nitrogen and oxygen atoms in total. The molecule has 0 saturated carbocycles. The zero-order valence-corrected chi connectivity index (χ0v) is 54.0. The van der Waals surface area contributed by atoms with Gasteiger partial charge in [-0.2, -0.15) is 0 Å². The highest BCUT2D eigenvalue weighted by Crippen LogP contribution is 2.18. The van der Waals surface area contributed by atoms with E-state index < -0.39 is 6.10 Å². The van der Waals surface area contributed by atoms with Gasteiger partial charge in [-0.15, -0.1) is 0 Å². The van der Waals surface area contributed by atoms with Crippen LogP contribution < -0.4 is 0 Å². The minimum absolute atomic E-state index is 0.0961. The SMILES string of the molecule is CC/C=C\C/C=C\C/C=C\C/C=C\C/C=C\CCCC(=O)OC(COC(=O)CCCCCCCCCCCCCCCC)COC(=O)CCCCCCCCCCCCCCCCCCCCCC/C=C\C/C=C\C/C=C\C/C=C\CC. The Hall–Kier alpha value is -3.93. The molecule has 6 heteroatoms. The predicted molar refractivity (Wildman–Crippen MR) is 357 cm³/mol. The summed E-state index contributed by atoms with van der Waals surface area (Å²) < 4.78 is 16.9. The Labute approximate surface area is 508 Å². The molecule has 0 aromatic rings. The fraction of sp³-hybridized carbons (Fsp3) is 0.724. The number of carbonyl (C=O) groups excluding carboxylic acids is 3. The van der Waals surface area contributed by atoms with Crippen LogP contribution in [0, 0.1) is 0 Å². The van der Waals surface area contributed by atoms with Gasteiger partial charge in [-0.05, 0) is 96.3 Å². The molecule has 1 unspecified atom stereocenters. The van der Waals surface area contributed by atoms with Crippen molar-refractivity contribution in [3.63, 3.8) is 0 Å². The van der Waals surface area contributed by atoms with Gasteiger partial charge >= 0.3 is 17.9 Å². The third kappa shape index (κ3) is 66.9. The Kier molecular flexibility index (Phi) is 66.2. The summed E-state index contributed by atoms with van der Waals surface area (Å²) in [4.78, 5) is 38.3. The van der Waals surface area contributed by atoms with E-state index in [1.807, 2.05) is 0 Å². The maximum Gasteiger partial charge on any atom is 0.306 e. The molecule has 0 N–H and O–H groups in total. The number of hydrogen-bond acceptors (Lipinski definition) is 6. The second kappa shape index (κ2) is 69.6. The first-order valence-electron chi connectivity index (χ1n) is 34.9. The van der Waals surface area contributed by atoms with Crippen molar-refractivity contribution in [3.05, 3.63) is 109 Å². The molecule has 0 amide bonds. The molecule has 0 rings (SSSR count). The quantitative estimate of drug-likeness (QED) is 0.0261. The van der Waals surface area contributed by atoms with Crippen molar-refractivity contribution in [2.24, 2.45) is 0 Å². The molecule has 0 saturated heterocycles. The summed E-state index contributed by atoms with van der Waals surface area (Å²) in [7, 11) is 0. The average Bonchev–Trinajstić information content (AvgIpc) is 3.48. The standard InChI is InChI=1S/C76H130O6/c1-4-7-10-13-16-19-22-25-28-30-31-32-33-34-35-36-37-38-39-40-41-42-43-44-45-47-48-51-54-57-60-63-66-69-75(78)81-72-73(71-80-74(77)68-65-62-59-56-53-50-27-24-21-18-15-12-9-6-3)82-76(79)70-67-64-61-58-55-52-49-46-29-26-23-20-17-14-11-8-5-2/h7-8,10-11,16-17,19-20,25-26,28-29,31-32,49,52,58,61,73H,4-6,9,12-15,18,21-24,27,30,33-48,50-51,53-57,59-60,62-72H2,1-3H3/b10-7-,11-8-,19-16-,20-17-,28-25-,29-26-,32-31-,52-49-,61-58-. The van der Waals surface area contributed by atoms with Gasteiger partial charge in [0, 0.05) is 19.3 Å². The highest BCUT2D eigenvalue weighted by molar-refractivity contribution is 5.71. The van der Waals surface area contributed by atoms with Crippen LogP contribution in [0.2, 0.25) is 0 Å². The molecular weight excluding hydrogens is 1010 g/mol. The number of carbonyl (C=O) groups is 3. The number of unbranched alkanes of at least 4 members (excludes halogenated alkanes) is 34. The topological polar surface area (TPSA) is 78.9 Å². The van der Waals surface area contributed by atoms with Crippen LogP contribution in [-0.2, 0) is 28.6 Å². The zero-order valence-electron chi connectivity index (χ0n) is 54.0. The first-order valence-corrected chi connectivity index (χ1v) is 34.9. The molecular formula is C76H130O6. The summed E-state index contributed by atoms with van der Waals surface area (Å²) in [5, 5.41) is 0. The maximum atomic E-state index is 12.9. The lowest BCUT2D eigenvalue weighted by Crippen LogP contribution is -2.30. The van der Waals surface area contributed by atoms with Crippen LogP contribution in [0.4, 0.5) is 0 Å². The minimum Gasteiger partial charge on any atom is -0.462 e. The molecule has 0 aromatic carbocycles. The average molecular weight is 1140 g/mol. The van der Waals surface area contributed by atoms with E-state index >= 15 is 0 Å². The van der Waals surface area contributed by atoms with Crippen molar-refractivity contribution in [2.45, 2.75) is 341 Å². The Bertz CT molecular complexity index is 1640. The summed E-state index contributed by atoms with van der Waals surface area (Å²) in [6.07, 6.45) is 95.6. The van der Waals surface area contributed by atoms with Gasteiger partial charge in [0.1, 0.15) is 13.2 Å². The third-order valence-electron chi connectivity index (χ3n) is 15.0. The molecule has 0 heterocycles. The second-order valence-electron chi connectivity index (χ2n) is 23.0. The fourth-order valence-electron chi connectivity index (χ4n) is 9.88. The van der Waals surface area contributed by atoms with Gasteiger partial charge in [0.15, 0.2) is 6.10 Å². The Balaban J connectivity index is 4.21. The normalized spacial score (nSPS) is 12.8. The molecule has 1 atom stereocenters.